The molecule has 0 amide bonds. The summed E-state index contributed by atoms with van der Waals surface area (Å²) in [6.07, 6.45) is 1.58. The number of nitrogens with one attached hydrogen (secondary N) is 1. The first-order valence-electron chi connectivity index (χ1n) is 5.33. The van der Waals surface area contributed by atoms with Crippen LogP contribution in [0.2, 0.25) is 0 Å². The third-order valence-electron chi connectivity index (χ3n) is 2.54. The van der Waals surface area contributed by atoms with E-state index in [1.165, 1.54) is 0 Å². The average Bonchev–Trinajstić information content (AvgIpc) is 2.70. The zero-order chi connectivity index (χ0) is 11.8. The molecule has 0 radical (unpaired) electrons. The van der Waals surface area contributed by atoms with E-state index in [4.69, 9.17) is 9.15 Å². The molecule has 0 aliphatic heterocycles. The molecular formula is C12H10N2O3. The summed E-state index contributed by atoms with van der Waals surface area (Å²) in [6, 6.07) is 5.54. The Hall–Kier alpha value is -2.30. The van der Waals surface area contributed by atoms with E-state index in [1.54, 1.807) is 6.20 Å². The molecule has 0 saturated carbocycles. The van der Waals surface area contributed by atoms with E-state index in [1.807, 2.05) is 25.1 Å². The van der Waals surface area contributed by atoms with Crippen molar-refractivity contribution >= 4 is 22.0 Å². The Morgan fingerprint density at radius 1 is 1.47 bits per heavy atom. The monoisotopic (exact) mass is 230 g/mol. The van der Waals surface area contributed by atoms with Crippen LogP contribution >= 0.6 is 0 Å². The fourth-order valence-electron chi connectivity index (χ4n) is 1.88. The van der Waals surface area contributed by atoms with Gasteiger partial charge in [0.15, 0.2) is 5.58 Å². The van der Waals surface area contributed by atoms with Crippen molar-refractivity contribution in [2.75, 3.05) is 6.61 Å². The van der Waals surface area contributed by atoms with Crippen molar-refractivity contribution in [2.24, 2.45) is 0 Å². The SMILES string of the molecule is CCOc1cccc2ncc3[nH]c(=O)oc3c12. The first-order valence-corrected chi connectivity index (χ1v) is 5.33. The molecule has 0 saturated heterocycles. The van der Waals surface area contributed by atoms with Gasteiger partial charge in [0.25, 0.3) is 0 Å². The van der Waals surface area contributed by atoms with E-state index in [9.17, 15) is 4.79 Å². The molecule has 3 aromatic rings. The Bertz CT molecular complexity index is 742. The molecule has 0 unspecified atom stereocenters. The summed E-state index contributed by atoms with van der Waals surface area (Å²) in [5, 5.41) is 0.727. The van der Waals surface area contributed by atoms with Crippen molar-refractivity contribution in [3.05, 3.63) is 34.9 Å². The van der Waals surface area contributed by atoms with Gasteiger partial charge in [0.05, 0.1) is 23.7 Å². The van der Waals surface area contributed by atoms with Gasteiger partial charge in [0.2, 0.25) is 0 Å². The van der Waals surface area contributed by atoms with Crippen molar-refractivity contribution in [1.29, 1.82) is 0 Å². The number of fused-ring (bicyclic) bond motifs is 3. The summed E-state index contributed by atoms with van der Waals surface area (Å²) >= 11 is 0. The number of pyridine rings is 1. The Balaban J connectivity index is 2.49. The first-order chi connectivity index (χ1) is 8.29. The fourth-order valence-corrected chi connectivity index (χ4v) is 1.88. The molecule has 5 heteroatoms. The third kappa shape index (κ3) is 1.47. The number of aromatic amines is 1. The maximum absolute atomic E-state index is 11.2. The topological polar surface area (TPSA) is 68.1 Å². The molecule has 17 heavy (non-hydrogen) atoms. The molecule has 1 N–H and O–H groups in total. The smallest absolute Gasteiger partial charge is 0.417 e. The normalized spacial score (nSPS) is 11.1. The van der Waals surface area contributed by atoms with Crippen LogP contribution in [-0.4, -0.2) is 16.6 Å². The van der Waals surface area contributed by atoms with Gasteiger partial charge in [0, 0.05) is 0 Å². The number of ether oxygens (including phenoxy) is 1. The largest absolute Gasteiger partial charge is 0.493 e. The Kier molecular flexibility index (Phi) is 2.11. The average molecular weight is 230 g/mol. The van der Waals surface area contributed by atoms with E-state index in [2.05, 4.69) is 9.97 Å². The van der Waals surface area contributed by atoms with Gasteiger partial charge in [-0.05, 0) is 19.1 Å². The minimum atomic E-state index is -0.486. The van der Waals surface area contributed by atoms with Crippen LogP contribution in [0.3, 0.4) is 0 Å². The number of rotatable bonds is 2. The number of hydrogen-bond donors (Lipinski definition) is 1. The second-order valence-corrected chi connectivity index (χ2v) is 3.60. The molecular weight excluding hydrogens is 220 g/mol. The van der Waals surface area contributed by atoms with Crippen LogP contribution in [0, 0.1) is 0 Å². The van der Waals surface area contributed by atoms with E-state index in [0.29, 0.717) is 23.5 Å². The molecule has 0 fully saturated rings. The number of nitrogens with zero attached hydrogens (tertiary/aromatic N) is 1. The van der Waals surface area contributed by atoms with Gasteiger partial charge in [-0.2, -0.15) is 0 Å². The Morgan fingerprint density at radius 2 is 2.35 bits per heavy atom. The Morgan fingerprint density at radius 3 is 3.18 bits per heavy atom. The molecule has 0 atom stereocenters. The lowest BCUT2D eigenvalue weighted by atomic mass is 10.2. The molecule has 0 bridgehead atoms. The van der Waals surface area contributed by atoms with Crippen LogP contribution in [0.25, 0.3) is 22.0 Å². The highest BCUT2D eigenvalue weighted by molar-refractivity contribution is 6.04. The van der Waals surface area contributed by atoms with Crippen LogP contribution in [0.5, 0.6) is 5.75 Å². The van der Waals surface area contributed by atoms with Gasteiger partial charge in [-0.25, -0.2) is 4.79 Å². The van der Waals surface area contributed by atoms with Crippen molar-refractivity contribution in [1.82, 2.24) is 9.97 Å². The van der Waals surface area contributed by atoms with Crippen LogP contribution in [-0.2, 0) is 0 Å². The second kappa shape index (κ2) is 3.62. The van der Waals surface area contributed by atoms with Crippen molar-refractivity contribution < 1.29 is 9.15 Å². The van der Waals surface area contributed by atoms with Crippen molar-refractivity contribution in [3.63, 3.8) is 0 Å². The van der Waals surface area contributed by atoms with Gasteiger partial charge in [-0.1, -0.05) is 6.07 Å². The van der Waals surface area contributed by atoms with Gasteiger partial charge >= 0.3 is 5.76 Å². The number of aromatic nitrogens is 2. The number of benzene rings is 1. The highest BCUT2D eigenvalue weighted by Crippen LogP contribution is 2.30. The number of oxazole rings is 1. The molecule has 2 heterocycles. The molecule has 1 aromatic carbocycles. The van der Waals surface area contributed by atoms with Gasteiger partial charge in [0.1, 0.15) is 11.3 Å². The maximum Gasteiger partial charge on any atom is 0.417 e. The summed E-state index contributed by atoms with van der Waals surface area (Å²) in [6.45, 7) is 2.45. The zero-order valence-corrected chi connectivity index (χ0v) is 9.19. The lowest BCUT2D eigenvalue weighted by Crippen LogP contribution is -1.93. The standard InChI is InChI=1S/C12H10N2O3/c1-2-16-9-5-3-4-7-10(9)11-8(6-13-7)14-12(15)17-11/h3-6H,2H2,1H3,(H,14,15). The molecule has 2 aromatic heterocycles. The van der Waals surface area contributed by atoms with Crippen molar-refractivity contribution in [2.45, 2.75) is 6.92 Å². The summed E-state index contributed by atoms with van der Waals surface area (Å²) in [7, 11) is 0. The van der Waals surface area contributed by atoms with Gasteiger partial charge in [-0.3, -0.25) is 9.97 Å². The van der Waals surface area contributed by atoms with E-state index >= 15 is 0 Å². The minimum absolute atomic E-state index is 0.486. The van der Waals surface area contributed by atoms with E-state index in [-0.39, 0.29) is 0 Å². The molecule has 0 aliphatic rings. The quantitative estimate of drug-likeness (QED) is 0.731. The molecule has 0 spiro atoms. The molecule has 3 rings (SSSR count). The summed E-state index contributed by atoms with van der Waals surface area (Å²) < 4.78 is 10.7. The highest BCUT2D eigenvalue weighted by Gasteiger charge is 2.11. The van der Waals surface area contributed by atoms with Crippen LogP contribution in [0.4, 0.5) is 0 Å². The van der Waals surface area contributed by atoms with Gasteiger partial charge < -0.3 is 9.15 Å². The maximum atomic E-state index is 11.2. The highest BCUT2D eigenvalue weighted by atomic mass is 16.5. The number of H-pyrrole nitrogens is 1. The minimum Gasteiger partial charge on any atom is -0.493 e. The van der Waals surface area contributed by atoms with Crippen LogP contribution < -0.4 is 10.5 Å². The van der Waals surface area contributed by atoms with E-state index in [0.717, 1.165) is 10.9 Å². The predicted octanol–water partition coefficient (Wildman–Crippen LogP) is 2.07. The molecule has 0 aliphatic carbocycles. The van der Waals surface area contributed by atoms with Crippen LogP contribution in [0.15, 0.2) is 33.6 Å². The van der Waals surface area contributed by atoms with Crippen LogP contribution in [0.1, 0.15) is 6.92 Å². The summed E-state index contributed by atoms with van der Waals surface area (Å²) in [5.74, 6) is 0.187. The zero-order valence-electron chi connectivity index (χ0n) is 9.19. The van der Waals surface area contributed by atoms with Crippen molar-refractivity contribution in [3.8, 4) is 5.75 Å². The second-order valence-electron chi connectivity index (χ2n) is 3.60. The predicted molar refractivity (Wildman–Crippen MR) is 63.3 cm³/mol. The molecule has 86 valence electrons. The Labute approximate surface area is 96.0 Å². The fraction of sp³-hybridized carbons (Fsp3) is 0.167. The third-order valence-corrected chi connectivity index (χ3v) is 2.54. The van der Waals surface area contributed by atoms with Gasteiger partial charge in [-0.15, -0.1) is 0 Å². The summed E-state index contributed by atoms with van der Waals surface area (Å²) in [5.41, 5.74) is 1.81. The lowest BCUT2D eigenvalue weighted by molar-refractivity contribution is 0.344. The first kappa shape index (κ1) is 9.89. The number of hydrogen-bond acceptors (Lipinski definition) is 4. The summed E-state index contributed by atoms with van der Waals surface area (Å²) in [4.78, 5) is 18.0. The lowest BCUT2D eigenvalue weighted by Gasteiger charge is -2.06. The molecule has 5 nitrogen and oxygen atoms in total. The van der Waals surface area contributed by atoms with E-state index < -0.39 is 5.76 Å².